The Morgan fingerprint density at radius 2 is 2.07 bits per heavy atom. The summed E-state index contributed by atoms with van der Waals surface area (Å²) in [5.74, 6) is 1.90. The lowest BCUT2D eigenvalue weighted by Gasteiger charge is -2.20. The number of nitrogen functional groups attached to an aromatic ring is 1. The number of rotatable bonds is 6. The lowest BCUT2D eigenvalue weighted by molar-refractivity contribution is 0.761. The molecule has 7 nitrogen and oxygen atoms in total. The predicted molar refractivity (Wildman–Crippen MR) is 112 cm³/mol. The Bertz CT molecular complexity index is 1140. The molecule has 28 heavy (non-hydrogen) atoms. The van der Waals surface area contributed by atoms with Gasteiger partial charge in [0.25, 0.3) is 0 Å². The van der Waals surface area contributed by atoms with E-state index in [0.29, 0.717) is 12.0 Å². The molecule has 3 N–H and O–H groups in total. The average Bonchev–Trinajstić information content (AvgIpc) is 3.37. The van der Waals surface area contributed by atoms with Crippen molar-refractivity contribution < 1.29 is 0 Å². The number of anilines is 2. The van der Waals surface area contributed by atoms with Gasteiger partial charge in [-0.15, -0.1) is 11.3 Å². The van der Waals surface area contributed by atoms with Crippen LogP contribution < -0.4 is 10.6 Å². The quantitative estimate of drug-likeness (QED) is 0.522. The van der Waals surface area contributed by atoms with Crippen LogP contribution in [0.3, 0.4) is 0 Å². The average molecular weight is 389 g/mol. The molecule has 0 aliphatic rings. The standard InChI is InChI=1S/C20H19N7S/c1-27(10-4-8-16-14(12-21)18(22)26-25-16)20-13-6-2-3-7-15(13)23-19(24-20)17-9-5-11-28-17/h2-3,5-7,9,11H,4,8,10H2,1H3,(H3,22,25,26). The number of fused-ring (bicyclic) bond motifs is 1. The molecule has 8 heteroatoms. The van der Waals surface area contributed by atoms with Gasteiger partial charge in [-0.25, -0.2) is 9.97 Å². The molecule has 0 atom stereocenters. The Morgan fingerprint density at radius 1 is 1.21 bits per heavy atom. The van der Waals surface area contributed by atoms with Crippen LogP contribution in [-0.2, 0) is 6.42 Å². The minimum Gasteiger partial charge on any atom is -0.381 e. The molecule has 0 spiro atoms. The Labute approximate surface area is 166 Å². The first kappa shape index (κ1) is 17.9. The van der Waals surface area contributed by atoms with Crippen LogP contribution in [0.15, 0.2) is 41.8 Å². The molecule has 4 aromatic rings. The van der Waals surface area contributed by atoms with Crippen LogP contribution in [-0.4, -0.2) is 33.8 Å². The number of aromatic amines is 1. The van der Waals surface area contributed by atoms with Crippen LogP contribution in [0.25, 0.3) is 21.6 Å². The molecule has 0 radical (unpaired) electrons. The van der Waals surface area contributed by atoms with Gasteiger partial charge in [0.05, 0.1) is 16.1 Å². The third-order valence-corrected chi connectivity index (χ3v) is 5.45. The summed E-state index contributed by atoms with van der Waals surface area (Å²) >= 11 is 1.63. The van der Waals surface area contributed by atoms with Gasteiger partial charge in [0.2, 0.25) is 0 Å². The van der Waals surface area contributed by atoms with Gasteiger partial charge >= 0.3 is 0 Å². The predicted octanol–water partition coefficient (Wildman–Crippen LogP) is 3.60. The molecule has 0 aliphatic carbocycles. The van der Waals surface area contributed by atoms with Crippen LogP contribution in [0.5, 0.6) is 0 Å². The molecule has 0 saturated carbocycles. The number of aromatic nitrogens is 4. The van der Waals surface area contributed by atoms with Crippen LogP contribution in [0.4, 0.5) is 11.6 Å². The van der Waals surface area contributed by atoms with Crippen molar-refractivity contribution in [3.63, 3.8) is 0 Å². The zero-order valence-corrected chi connectivity index (χ0v) is 16.2. The SMILES string of the molecule is CN(CCCc1[nH]nc(N)c1C#N)c1nc(-c2cccs2)nc2ccccc12. The number of hydrogen-bond donors (Lipinski definition) is 2. The maximum atomic E-state index is 9.20. The second-order valence-electron chi connectivity index (χ2n) is 6.46. The molecular formula is C20H19N7S. The van der Waals surface area contributed by atoms with E-state index in [1.807, 2.05) is 48.8 Å². The maximum Gasteiger partial charge on any atom is 0.172 e. The molecule has 4 rings (SSSR count). The number of para-hydroxylation sites is 1. The fourth-order valence-corrected chi connectivity index (χ4v) is 3.82. The summed E-state index contributed by atoms with van der Waals surface area (Å²) in [5.41, 5.74) is 7.85. The number of H-pyrrole nitrogens is 1. The summed E-state index contributed by atoms with van der Waals surface area (Å²) in [4.78, 5) is 12.7. The van der Waals surface area contributed by atoms with Gasteiger partial charge < -0.3 is 10.6 Å². The highest BCUT2D eigenvalue weighted by molar-refractivity contribution is 7.13. The first-order chi connectivity index (χ1) is 13.7. The van der Waals surface area contributed by atoms with Crippen LogP contribution in [0, 0.1) is 11.3 Å². The molecular weight excluding hydrogens is 370 g/mol. The highest BCUT2D eigenvalue weighted by atomic mass is 32.1. The fraction of sp³-hybridized carbons (Fsp3) is 0.200. The van der Waals surface area contributed by atoms with Gasteiger partial charge in [-0.3, -0.25) is 5.10 Å². The van der Waals surface area contributed by atoms with Crippen LogP contribution in [0.1, 0.15) is 17.7 Å². The number of nitriles is 1. The summed E-state index contributed by atoms with van der Waals surface area (Å²) < 4.78 is 0. The zero-order chi connectivity index (χ0) is 19.5. The monoisotopic (exact) mass is 389 g/mol. The summed E-state index contributed by atoms with van der Waals surface area (Å²) in [6.07, 6.45) is 1.53. The highest BCUT2D eigenvalue weighted by Gasteiger charge is 2.14. The molecule has 140 valence electrons. The van der Waals surface area contributed by atoms with Gasteiger partial charge in [-0.05, 0) is 36.4 Å². The second-order valence-corrected chi connectivity index (χ2v) is 7.41. The highest BCUT2D eigenvalue weighted by Crippen LogP contribution is 2.29. The van der Waals surface area contributed by atoms with E-state index >= 15 is 0 Å². The number of thiophene rings is 1. The van der Waals surface area contributed by atoms with Gasteiger partial charge in [-0.1, -0.05) is 18.2 Å². The van der Waals surface area contributed by atoms with Crippen molar-refractivity contribution in [2.45, 2.75) is 12.8 Å². The Hall–Kier alpha value is -3.44. The largest absolute Gasteiger partial charge is 0.381 e. The van der Waals surface area contributed by atoms with Gasteiger partial charge in [0.1, 0.15) is 17.5 Å². The van der Waals surface area contributed by atoms with E-state index in [4.69, 9.17) is 15.7 Å². The minimum absolute atomic E-state index is 0.258. The van der Waals surface area contributed by atoms with Crippen molar-refractivity contribution in [2.24, 2.45) is 0 Å². The lowest BCUT2D eigenvalue weighted by Crippen LogP contribution is -2.21. The molecule has 0 fully saturated rings. The van der Waals surface area contributed by atoms with E-state index in [9.17, 15) is 5.26 Å². The molecule has 1 aromatic carbocycles. The van der Waals surface area contributed by atoms with Gasteiger partial charge in [0.15, 0.2) is 11.6 Å². The summed E-state index contributed by atoms with van der Waals surface area (Å²) in [6.45, 7) is 0.773. The third-order valence-electron chi connectivity index (χ3n) is 4.59. The van der Waals surface area contributed by atoms with Gasteiger partial charge in [0, 0.05) is 19.0 Å². The lowest BCUT2D eigenvalue weighted by atomic mass is 10.1. The maximum absolute atomic E-state index is 9.20. The Kier molecular flexibility index (Phi) is 4.91. The number of hydrogen-bond acceptors (Lipinski definition) is 7. The smallest absolute Gasteiger partial charge is 0.172 e. The molecule has 0 saturated heterocycles. The Morgan fingerprint density at radius 3 is 2.86 bits per heavy atom. The number of nitrogens with one attached hydrogen (secondary N) is 1. The van der Waals surface area contributed by atoms with Crippen LogP contribution in [0.2, 0.25) is 0 Å². The summed E-state index contributed by atoms with van der Waals surface area (Å²) in [5, 5.41) is 19.0. The van der Waals surface area contributed by atoms with Crippen molar-refractivity contribution in [1.82, 2.24) is 20.2 Å². The summed E-state index contributed by atoms with van der Waals surface area (Å²) in [7, 11) is 2.03. The molecule has 0 bridgehead atoms. The normalized spacial score (nSPS) is 10.9. The number of nitrogens with zero attached hydrogens (tertiary/aromatic N) is 5. The van der Waals surface area contributed by atoms with Crippen LogP contribution >= 0.6 is 11.3 Å². The fourth-order valence-electron chi connectivity index (χ4n) is 3.17. The zero-order valence-electron chi connectivity index (χ0n) is 15.4. The third kappa shape index (κ3) is 3.40. The number of nitrogens with two attached hydrogens (primary N) is 1. The van der Waals surface area contributed by atoms with E-state index in [1.54, 1.807) is 11.3 Å². The first-order valence-electron chi connectivity index (χ1n) is 8.92. The summed E-state index contributed by atoms with van der Waals surface area (Å²) in [6, 6.07) is 14.2. The van der Waals surface area contributed by atoms with Crippen molar-refractivity contribution in [3.8, 4) is 16.8 Å². The topological polar surface area (TPSA) is 108 Å². The minimum atomic E-state index is 0.258. The molecule has 0 unspecified atom stereocenters. The van der Waals surface area contributed by atoms with Crippen molar-refractivity contribution in [3.05, 3.63) is 53.0 Å². The van der Waals surface area contributed by atoms with E-state index in [1.165, 1.54) is 0 Å². The number of aryl methyl sites for hydroxylation is 1. The van der Waals surface area contributed by atoms with Crippen molar-refractivity contribution >= 4 is 33.9 Å². The Balaban J connectivity index is 1.58. The second kappa shape index (κ2) is 7.66. The van der Waals surface area contributed by atoms with Crippen molar-refractivity contribution in [1.29, 1.82) is 5.26 Å². The molecule has 3 aromatic heterocycles. The van der Waals surface area contributed by atoms with Gasteiger partial charge in [-0.2, -0.15) is 10.4 Å². The molecule has 0 amide bonds. The van der Waals surface area contributed by atoms with E-state index in [0.717, 1.165) is 46.1 Å². The van der Waals surface area contributed by atoms with E-state index < -0.39 is 0 Å². The number of benzene rings is 1. The molecule has 0 aliphatic heterocycles. The van der Waals surface area contributed by atoms with E-state index in [-0.39, 0.29) is 5.82 Å². The van der Waals surface area contributed by atoms with E-state index in [2.05, 4.69) is 21.2 Å². The van der Waals surface area contributed by atoms with Crippen molar-refractivity contribution in [2.75, 3.05) is 24.2 Å². The first-order valence-corrected chi connectivity index (χ1v) is 9.80. The molecule has 3 heterocycles.